The second-order valence-electron chi connectivity index (χ2n) is 7.91. The van der Waals surface area contributed by atoms with Gasteiger partial charge in [-0.25, -0.2) is 0 Å². The first-order valence-corrected chi connectivity index (χ1v) is 8.54. The van der Waals surface area contributed by atoms with Crippen molar-refractivity contribution in [1.82, 2.24) is 4.57 Å². The van der Waals surface area contributed by atoms with E-state index in [4.69, 9.17) is 0 Å². The lowest BCUT2D eigenvalue weighted by atomic mass is 9.75. The molecule has 1 fully saturated rings. The van der Waals surface area contributed by atoms with Gasteiger partial charge in [-0.05, 0) is 55.4 Å². The molecule has 0 spiro atoms. The van der Waals surface area contributed by atoms with Crippen molar-refractivity contribution in [1.29, 1.82) is 0 Å². The summed E-state index contributed by atoms with van der Waals surface area (Å²) in [5.74, 6) is 0.291. The van der Waals surface area contributed by atoms with Crippen LogP contribution >= 0.6 is 0 Å². The molecule has 2 aliphatic rings. The van der Waals surface area contributed by atoms with Crippen LogP contribution in [0.1, 0.15) is 54.7 Å². The third kappa shape index (κ3) is 2.69. The van der Waals surface area contributed by atoms with Gasteiger partial charge in [0.2, 0.25) is 0 Å². The summed E-state index contributed by atoms with van der Waals surface area (Å²) >= 11 is 0. The highest BCUT2D eigenvalue weighted by Gasteiger charge is 2.34. The highest BCUT2D eigenvalue weighted by atomic mass is 16.1. The van der Waals surface area contributed by atoms with E-state index in [0.717, 1.165) is 23.2 Å². The number of hydrogen-bond acceptors (Lipinski definition) is 2. The van der Waals surface area contributed by atoms with E-state index in [0.29, 0.717) is 18.2 Å². The summed E-state index contributed by atoms with van der Waals surface area (Å²) in [5.41, 5.74) is 5.58. The fraction of sp³-hybridized carbons (Fsp3) is 0.450. The Morgan fingerprint density at radius 3 is 2.74 bits per heavy atom. The Kier molecular flexibility index (Phi) is 3.15. The fourth-order valence-corrected chi connectivity index (χ4v) is 3.72. The van der Waals surface area contributed by atoms with Crippen LogP contribution in [0.25, 0.3) is 5.69 Å². The van der Waals surface area contributed by atoms with E-state index in [1.165, 1.54) is 24.2 Å². The van der Waals surface area contributed by atoms with Crippen molar-refractivity contribution < 1.29 is 4.79 Å². The molecule has 0 aliphatic heterocycles. The van der Waals surface area contributed by atoms with Crippen LogP contribution in [-0.2, 0) is 6.42 Å². The van der Waals surface area contributed by atoms with Crippen molar-refractivity contribution in [2.75, 3.05) is 5.32 Å². The van der Waals surface area contributed by atoms with Gasteiger partial charge in [-0.1, -0.05) is 19.9 Å². The number of nitrogens with one attached hydrogen (secondary N) is 1. The number of hydrogen-bond donors (Lipinski definition) is 1. The van der Waals surface area contributed by atoms with Gasteiger partial charge in [-0.15, -0.1) is 0 Å². The van der Waals surface area contributed by atoms with Crippen LogP contribution in [0.3, 0.4) is 0 Å². The minimum absolute atomic E-state index is 0.0382. The Morgan fingerprint density at radius 1 is 1.22 bits per heavy atom. The number of carbonyl (C=O) groups excluding carboxylic acids is 1. The molecule has 0 bridgehead atoms. The number of nitrogens with zero attached hydrogens (tertiary/aromatic N) is 1. The Hall–Kier alpha value is -2.03. The maximum absolute atomic E-state index is 12.6. The summed E-state index contributed by atoms with van der Waals surface area (Å²) in [6, 6.07) is 9.19. The van der Waals surface area contributed by atoms with E-state index in [1.54, 1.807) is 0 Å². The molecule has 0 unspecified atom stereocenters. The summed E-state index contributed by atoms with van der Waals surface area (Å²) in [4.78, 5) is 12.6. The molecule has 1 aromatic heterocycles. The molecule has 0 amide bonds. The number of anilines is 1. The lowest BCUT2D eigenvalue weighted by Gasteiger charge is -2.30. The SMILES string of the molecule is Cc1cn(-c2cccc(NC3CC3)c2)c2c1C(=O)CC(C)(C)C2. The molecule has 4 rings (SSSR count). The third-order valence-electron chi connectivity index (χ3n) is 4.93. The zero-order valence-electron chi connectivity index (χ0n) is 14.1. The van der Waals surface area contributed by atoms with E-state index < -0.39 is 0 Å². The lowest BCUT2D eigenvalue weighted by molar-refractivity contribution is 0.0910. The van der Waals surface area contributed by atoms with Gasteiger partial charge in [0.05, 0.1) is 0 Å². The van der Waals surface area contributed by atoms with Gasteiger partial charge in [0, 0.05) is 41.3 Å². The zero-order valence-corrected chi connectivity index (χ0v) is 14.1. The molecule has 120 valence electrons. The number of aromatic nitrogens is 1. The number of ketones is 1. The molecular formula is C20H24N2O. The minimum atomic E-state index is 0.0382. The Bertz CT molecular complexity index is 781. The molecule has 1 aromatic carbocycles. The predicted octanol–water partition coefficient (Wildman–Crippen LogP) is 4.52. The van der Waals surface area contributed by atoms with E-state index in [9.17, 15) is 4.79 Å². The van der Waals surface area contributed by atoms with Crippen LogP contribution in [0.15, 0.2) is 30.5 Å². The largest absolute Gasteiger partial charge is 0.382 e. The summed E-state index contributed by atoms with van der Waals surface area (Å²) in [5, 5.41) is 3.56. The van der Waals surface area contributed by atoms with E-state index in [2.05, 4.69) is 61.1 Å². The molecule has 0 atom stereocenters. The van der Waals surface area contributed by atoms with Crippen molar-refractivity contribution in [3.05, 3.63) is 47.3 Å². The highest BCUT2D eigenvalue weighted by Crippen LogP contribution is 2.38. The van der Waals surface area contributed by atoms with Crippen LogP contribution in [0.4, 0.5) is 5.69 Å². The summed E-state index contributed by atoms with van der Waals surface area (Å²) in [6.45, 7) is 6.43. The maximum atomic E-state index is 12.6. The van der Waals surface area contributed by atoms with Crippen molar-refractivity contribution in [2.45, 2.75) is 52.5 Å². The van der Waals surface area contributed by atoms with Gasteiger partial charge in [0.1, 0.15) is 0 Å². The number of carbonyl (C=O) groups is 1. The number of aryl methyl sites for hydroxylation is 1. The average molecular weight is 308 g/mol. The second-order valence-corrected chi connectivity index (χ2v) is 7.91. The second kappa shape index (κ2) is 4.98. The number of Topliss-reactive ketones (excluding diaryl/α,β-unsaturated/α-hetero) is 1. The van der Waals surface area contributed by atoms with Gasteiger partial charge in [0.25, 0.3) is 0 Å². The number of rotatable bonds is 3. The minimum Gasteiger partial charge on any atom is -0.382 e. The fourth-order valence-electron chi connectivity index (χ4n) is 3.72. The van der Waals surface area contributed by atoms with Crippen molar-refractivity contribution in [3.8, 4) is 5.69 Å². The molecule has 3 nitrogen and oxygen atoms in total. The monoisotopic (exact) mass is 308 g/mol. The summed E-state index contributed by atoms with van der Waals surface area (Å²) in [6.07, 6.45) is 6.26. The van der Waals surface area contributed by atoms with Crippen LogP contribution in [0.2, 0.25) is 0 Å². The van der Waals surface area contributed by atoms with Crippen molar-refractivity contribution in [2.24, 2.45) is 5.41 Å². The quantitative estimate of drug-likeness (QED) is 0.905. The van der Waals surface area contributed by atoms with Gasteiger partial charge in [0.15, 0.2) is 5.78 Å². The molecule has 1 N–H and O–H groups in total. The molecule has 2 aliphatic carbocycles. The highest BCUT2D eigenvalue weighted by molar-refractivity contribution is 6.00. The first-order valence-electron chi connectivity index (χ1n) is 8.54. The van der Waals surface area contributed by atoms with E-state index in [1.807, 2.05) is 0 Å². The van der Waals surface area contributed by atoms with Crippen LogP contribution < -0.4 is 5.32 Å². The van der Waals surface area contributed by atoms with Gasteiger partial charge < -0.3 is 9.88 Å². The standard InChI is InChI=1S/C20H24N2O/c1-13-12-22(17-10-20(2,3)11-18(23)19(13)17)16-6-4-5-15(9-16)21-14-7-8-14/h4-6,9,12,14,21H,7-8,10-11H2,1-3H3. The summed E-state index contributed by atoms with van der Waals surface area (Å²) < 4.78 is 2.22. The molecule has 1 saturated carbocycles. The molecular weight excluding hydrogens is 284 g/mol. The average Bonchev–Trinajstić information content (AvgIpc) is 3.21. The zero-order chi connectivity index (χ0) is 16.2. The molecule has 0 radical (unpaired) electrons. The first-order chi connectivity index (χ1) is 10.9. The Labute approximate surface area is 137 Å². The van der Waals surface area contributed by atoms with Crippen molar-refractivity contribution in [3.63, 3.8) is 0 Å². The Balaban J connectivity index is 1.78. The number of benzene rings is 1. The normalized spacial score (nSPS) is 19.5. The molecule has 23 heavy (non-hydrogen) atoms. The number of fused-ring (bicyclic) bond motifs is 1. The van der Waals surface area contributed by atoms with E-state index >= 15 is 0 Å². The van der Waals surface area contributed by atoms with Crippen LogP contribution in [-0.4, -0.2) is 16.4 Å². The molecule has 3 heteroatoms. The maximum Gasteiger partial charge on any atom is 0.165 e. The van der Waals surface area contributed by atoms with Crippen LogP contribution in [0.5, 0.6) is 0 Å². The van der Waals surface area contributed by atoms with Gasteiger partial charge in [-0.2, -0.15) is 0 Å². The first kappa shape index (κ1) is 14.6. The predicted molar refractivity (Wildman–Crippen MR) is 93.6 cm³/mol. The molecule has 1 heterocycles. The van der Waals surface area contributed by atoms with Gasteiger partial charge >= 0.3 is 0 Å². The lowest BCUT2D eigenvalue weighted by Crippen LogP contribution is -2.28. The smallest absolute Gasteiger partial charge is 0.165 e. The van der Waals surface area contributed by atoms with Crippen molar-refractivity contribution >= 4 is 11.5 Å². The topological polar surface area (TPSA) is 34.0 Å². The molecule has 2 aromatic rings. The summed E-state index contributed by atoms with van der Waals surface area (Å²) in [7, 11) is 0. The van der Waals surface area contributed by atoms with E-state index in [-0.39, 0.29) is 5.41 Å². The Morgan fingerprint density at radius 2 is 2.00 bits per heavy atom. The third-order valence-corrected chi connectivity index (χ3v) is 4.93. The van der Waals surface area contributed by atoms with Crippen LogP contribution in [0, 0.1) is 12.3 Å². The van der Waals surface area contributed by atoms with Gasteiger partial charge in [-0.3, -0.25) is 4.79 Å². The molecule has 0 saturated heterocycles.